The maximum Gasteiger partial charge on any atom is 0.269 e. The zero-order chi connectivity index (χ0) is 24.5. The molecule has 0 heterocycles. The second-order valence-corrected chi connectivity index (χ2v) is 7.29. The number of nitrogens with zero attached hydrogens (tertiary/aromatic N) is 4. The lowest BCUT2D eigenvalue weighted by molar-refractivity contribution is -0.385. The summed E-state index contributed by atoms with van der Waals surface area (Å²) >= 11 is 0. The van der Waals surface area contributed by atoms with Crippen LogP contribution in [0.2, 0.25) is 0 Å². The first-order valence-corrected chi connectivity index (χ1v) is 10.4. The Morgan fingerprint density at radius 3 is 1.56 bits per heavy atom. The summed E-state index contributed by atoms with van der Waals surface area (Å²) in [6, 6.07) is 21.8. The molecule has 0 spiro atoms. The van der Waals surface area contributed by atoms with Crippen molar-refractivity contribution in [1.29, 1.82) is 0 Å². The Hall–Kier alpha value is -4.72. The number of hydrogen-bond acceptors (Lipinski definition) is 6. The van der Waals surface area contributed by atoms with Crippen molar-refractivity contribution >= 4 is 40.2 Å². The van der Waals surface area contributed by atoms with E-state index in [1.54, 1.807) is 24.3 Å². The third-order valence-electron chi connectivity index (χ3n) is 4.85. The predicted molar refractivity (Wildman–Crippen MR) is 135 cm³/mol. The number of aliphatic imine (C=N–C) groups is 2. The van der Waals surface area contributed by atoms with Crippen molar-refractivity contribution in [2.24, 2.45) is 9.98 Å². The van der Waals surface area contributed by atoms with Gasteiger partial charge in [0, 0.05) is 41.3 Å². The fourth-order valence-corrected chi connectivity index (χ4v) is 3.13. The van der Waals surface area contributed by atoms with Crippen LogP contribution in [-0.4, -0.2) is 21.3 Å². The summed E-state index contributed by atoms with van der Waals surface area (Å²) in [7, 11) is 0. The van der Waals surface area contributed by atoms with Crippen LogP contribution in [0.1, 0.15) is 19.4 Å². The molecule has 0 atom stereocenters. The summed E-state index contributed by atoms with van der Waals surface area (Å²) in [5, 5.41) is 21.8. The van der Waals surface area contributed by atoms with Gasteiger partial charge in [-0.1, -0.05) is 48.6 Å². The molecular formula is C26H22N4O4. The van der Waals surface area contributed by atoms with Crippen LogP contribution in [0.5, 0.6) is 0 Å². The molecule has 3 aromatic rings. The van der Waals surface area contributed by atoms with E-state index in [1.807, 2.05) is 62.4 Å². The number of nitro benzene ring substituents is 2. The first-order valence-electron chi connectivity index (χ1n) is 10.4. The van der Waals surface area contributed by atoms with Gasteiger partial charge in [-0.2, -0.15) is 0 Å². The summed E-state index contributed by atoms with van der Waals surface area (Å²) in [6.45, 7) is 3.66. The summed E-state index contributed by atoms with van der Waals surface area (Å²) in [5.41, 5.74) is 4.25. The molecule has 3 rings (SSSR count). The topological polar surface area (TPSA) is 111 Å². The average Bonchev–Trinajstić information content (AvgIpc) is 2.83. The molecule has 0 unspecified atom stereocenters. The van der Waals surface area contributed by atoms with Gasteiger partial charge in [-0.25, -0.2) is 0 Å². The number of rotatable bonds is 8. The van der Waals surface area contributed by atoms with E-state index in [4.69, 9.17) is 0 Å². The Balaban J connectivity index is 1.96. The molecule has 34 heavy (non-hydrogen) atoms. The Bertz CT molecular complexity index is 1220. The fourth-order valence-electron chi connectivity index (χ4n) is 3.13. The fraction of sp³-hybridized carbons (Fsp3) is 0.0769. The number of nitro groups is 2. The largest absolute Gasteiger partial charge is 0.269 e. The Kier molecular flexibility index (Phi) is 7.91. The van der Waals surface area contributed by atoms with Gasteiger partial charge < -0.3 is 0 Å². The number of benzene rings is 3. The minimum atomic E-state index is -0.457. The van der Waals surface area contributed by atoms with Crippen molar-refractivity contribution < 1.29 is 9.85 Å². The lowest BCUT2D eigenvalue weighted by Gasteiger charge is -2.08. The molecule has 0 radical (unpaired) electrons. The molecular weight excluding hydrogens is 432 g/mol. The maximum atomic E-state index is 10.9. The molecule has 0 aromatic heterocycles. The second kappa shape index (κ2) is 11.2. The number of allylic oxidation sites excluding steroid dienone is 3. The van der Waals surface area contributed by atoms with Crippen LogP contribution in [0.15, 0.2) is 107 Å². The highest BCUT2D eigenvalue weighted by Crippen LogP contribution is 2.22. The highest BCUT2D eigenvalue weighted by Gasteiger charge is 2.09. The molecule has 0 saturated carbocycles. The highest BCUT2D eigenvalue weighted by atomic mass is 16.6. The molecule has 0 amide bonds. The minimum absolute atomic E-state index is 0.00548. The smallest absolute Gasteiger partial charge is 0.258 e. The molecule has 0 aliphatic carbocycles. The second-order valence-electron chi connectivity index (χ2n) is 7.29. The standard InChI is InChI=1S/C26H22N4O4/c1-19(27-22-11-15-24(16-12-22)29(31)32)26(10-6-9-21-7-4-3-5-8-21)20(2)28-23-13-17-25(18-14-23)30(33)34/h3-18H,1-2H3/b9-6+,26-10?,27-19?,28-20?. The van der Waals surface area contributed by atoms with Crippen molar-refractivity contribution in [3.05, 3.63) is 122 Å². The zero-order valence-electron chi connectivity index (χ0n) is 18.7. The lowest BCUT2D eigenvalue weighted by Crippen LogP contribution is -2.06. The van der Waals surface area contributed by atoms with Crippen molar-refractivity contribution in [2.75, 3.05) is 0 Å². The van der Waals surface area contributed by atoms with Gasteiger partial charge in [0.25, 0.3) is 11.4 Å². The first kappa shape index (κ1) is 23.9. The van der Waals surface area contributed by atoms with E-state index < -0.39 is 9.85 Å². The van der Waals surface area contributed by atoms with Crippen LogP contribution in [0.3, 0.4) is 0 Å². The zero-order valence-corrected chi connectivity index (χ0v) is 18.7. The SMILES string of the molecule is CC(=Nc1ccc([N+](=O)[O-])cc1)C(=C/C=C/c1ccccc1)C(C)=Nc1ccc([N+](=O)[O-])cc1. The van der Waals surface area contributed by atoms with Crippen LogP contribution < -0.4 is 0 Å². The van der Waals surface area contributed by atoms with Crippen LogP contribution in [0, 0.1) is 20.2 Å². The summed E-state index contributed by atoms with van der Waals surface area (Å²) in [5.74, 6) is 0. The molecule has 0 aliphatic heterocycles. The molecule has 170 valence electrons. The van der Waals surface area contributed by atoms with Gasteiger partial charge in [-0.15, -0.1) is 0 Å². The van der Waals surface area contributed by atoms with Gasteiger partial charge in [0.15, 0.2) is 0 Å². The Morgan fingerprint density at radius 2 is 1.15 bits per heavy atom. The maximum absolute atomic E-state index is 10.9. The third kappa shape index (κ3) is 6.64. The van der Waals surface area contributed by atoms with E-state index in [9.17, 15) is 20.2 Å². The van der Waals surface area contributed by atoms with Gasteiger partial charge in [-0.3, -0.25) is 30.2 Å². The normalized spacial score (nSPS) is 11.9. The number of hydrogen-bond donors (Lipinski definition) is 0. The van der Waals surface area contributed by atoms with Gasteiger partial charge in [-0.05, 0) is 43.7 Å². The predicted octanol–water partition coefficient (Wildman–Crippen LogP) is 7.03. The van der Waals surface area contributed by atoms with Crippen molar-refractivity contribution in [1.82, 2.24) is 0 Å². The first-order chi connectivity index (χ1) is 16.3. The summed E-state index contributed by atoms with van der Waals surface area (Å²) in [4.78, 5) is 30.1. The molecule has 0 aliphatic rings. The van der Waals surface area contributed by atoms with Crippen LogP contribution in [-0.2, 0) is 0 Å². The molecule has 0 saturated heterocycles. The molecule has 8 nitrogen and oxygen atoms in total. The van der Waals surface area contributed by atoms with Gasteiger partial charge in [0.2, 0.25) is 0 Å². The van der Waals surface area contributed by atoms with E-state index >= 15 is 0 Å². The van der Waals surface area contributed by atoms with Crippen LogP contribution >= 0.6 is 0 Å². The molecule has 0 fully saturated rings. The van der Waals surface area contributed by atoms with E-state index in [1.165, 1.54) is 24.3 Å². The van der Waals surface area contributed by atoms with E-state index in [0.29, 0.717) is 22.8 Å². The number of non-ortho nitro benzene ring substituents is 2. The van der Waals surface area contributed by atoms with Crippen LogP contribution in [0.25, 0.3) is 6.08 Å². The van der Waals surface area contributed by atoms with E-state index in [2.05, 4.69) is 9.98 Å². The quantitative estimate of drug-likeness (QED) is 0.157. The summed E-state index contributed by atoms with van der Waals surface area (Å²) in [6.07, 6.45) is 5.74. The van der Waals surface area contributed by atoms with E-state index in [0.717, 1.165) is 11.1 Å². The summed E-state index contributed by atoms with van der Waals surface area (Å²) < 4.78 is 0. The third-order valence-corrected chi connectivity index (χ3v) is 4.85. The molecule has 0 N–H and O–H groups in total. The minimum Gasteiger partial charge on any atom is -0.258 e. The molecule has 0 bridgehead atoms. The van der Waals surface area contributed by atoms with E-state index in [-0.39, 0.29) is 11.4 Å². The van der Waals surface area contributed by atoms with Gasteiger partial charge >= 0.3 is 0 Å². The average molecular weight is 454 g/mol. The van der Waals surface area contributed by atoms with Crippen molar-refractivity contribution in [3.8, 4) is 0 Å². The van der Waals surface area contributed by atoms with Crippen molar-refractivity contribution in [3.63, 3.8) is 0 Å². The Morgan fingerprint density at radius 1 is 0.706 bits per heavy atom. The Labute approximate surface area is 196 Å². The van der Waals surface area contributed by atoms with Gasteiger partial charge in [0.1, 0.15) is 0 Å². The molecule has 8 heteroatoms. The lowest BCUT2D eigenvalue weighted by atomic mass is 10.1. The van der Waals surface area contributed by atoms with Crippen LogP contribution in [0.4, 0.5) is 22.7 Å². The monoisotopic (exact) mass is 454 g/mol. The molecule has 3 aromatic carbocycles. The van der Waals surface area contributed by atoms with Gasteiger partial charge in [0.05, 0.1) is 21.2 Å². The highest BCUT2D eigenvalue weighted by molar-refractivity contribution is 6.24. The van der Waals surface area contributed by atoms with Crippen molar-refractivity contribution in [2.45, 2.75) is 13.8 Å².